The van der Waals surface area contributed by atoms with Gasteiger partial charge in [0.1, 0.15) is 5.15 Å². The van der Waals surface area contributed by atoms with Crippen LogP contribution in [0.25, 0.3) is 0 Å². The Bertz CT molecular complexity index is 413. The fraction of sp³-hybridized carbons (Fsp3) is 0.500. The lowest BCUT2D eigenvalue weighted by molar-refractivity contribution is -0.0679. The molecule has 1 fully saturated rings. The number of rotatable bonds is 4. The summed E-state index contributed by atoms with van der Waals surface area (Å²) in [5.41, 5.74) is 0.226. The molecule has 0 radical (unpaired) electrons. The van der Waals surface area contributed by atoms with E-state index in [0.717, 1.165) is 19.3 Å². The molecular weight excluding hydrogens is 240 g/mol. The molecule has 1 aliphatic rings. The third-order valence-electron chi connectivity index (χ3n) is 3.27. The van der Waals surface area contributed by atoms with Gasteiger partial charge in [0.2, 0.25) is 0 Å². The van der Waals surface area contributed by atoms with Crippen LogP contribution in [0.2, 0.25) is 5.15 Å². The minimum Gasteiger partial charge on any atom is -0.376 e. The van der Waals surface area contributed by atoms with E-state index in [1.807, 2.05) is 0 Å². The largest absolute Gasteiger partial charge is 0.376 e. The molecule has 1 N–H and O–H groups in total. The van der Waals surface area contributed by atoms with Crippen molar-refractivity contribution in [1.82, 2.24) is 10.3 Å². The number of pyridine rings is 1. The average molecular weight is 255 g/mol. The van der Waals surface area contributed by atoms with Crippen molar-refractivity contribution in [3.63, 3.8) is 0 Å². The summed E-state index contributed by atoms with van der Waals surface area (Å²) in [5.74, 6) is -0.202. The molecule has 0 aliphatic heterocycles. The number of methoxy groups -OCH3 is 1. The van der Waals surface area contributed by atoms with Gasteiger partial charge in [0.05, 0.1) is 11.2 Å². The highest BCUT2D eigenvalue weighted by Gasteiger charge is 2.37. The Labute approximate surface area is 105 Å². The predicted octanol–water partition coefficient (Wildman–Crippen LogP) is 2.03. The van der Waals surface area contributed by atoms with Gasteiger partial charge in [-0.15, -0.1) is 0 Å². The Morgan fingerprint density at radius 1 is 1.65 bits per heavy atom. The van der Waals surface area contributed by atoms with E-state index in [-0.39, 0.29) is 16.7 Å². The van der Waals surface area contributed by atoms with Crippen molar-refractivity contribution >= 4 is 17.5 Å². The molecule has 1 heterocycles. The average Bonchev–Trinajstić information content (AvgIpc) is 2.28. The lowest BCUT2D eigenvalue weighted by Crippen LogP contribution is -2.49. The van der Waals surface area contributed by atoms with Crippen molar-refractivity contribution in [3.8, 4) is 0 Å². The standard InChI is InChI=1S/C12H15ClN2O2/c1-17-12(5-3-6-12)8-15-11(16)9-4-2-7-14-10(9)13/h2,4,7H,3,5-6,8H2,1H3,(H,15,16). The van der Waals surface area contributed by atoms with E-state index in [9.17, 15) is 4.79 Å². The molecule has 1 saturated carbocycles. The summed E-state index contributed by atoms with van der Waals surface area (Å²) in [6, 6.07) is 3.35. The van der Waals surface area contributed by atoms with Gasteiger partial charge < -0.3 is 10.1 Å². The number of nitrogens with zero attached hydrogens (tertiary/aromatic N) is 1. The van der Waals surface area contributed by atoms with E-state index < -0.39 is 0 Å². The smallest absolute Gasteiger partial charge is 0.254 e. The Morgan fingerprint density at radius 2 is 2.41 bits per heavy atom. The summed E-state index contributed by atoms with van der Waals surface area (Å²) < 4.78 is 5.43. The van der Waals surface area contributed by atoms with E-state index >= 15 is 0 Å². The molecule has 17 heavy (non-hydrogen) atoms. The zero-order valence-electron chi connectivity index (χ0n) is 9.70. The first-order chi connectivity index (χ1) is 8.17. The van der Waals surface area contributed by atoms with Crippen LogP contribution in [0.5, 0.6) is 0 Å². The molecule has 0 atom stereocenters. The monoisotopic (exact) mass is 254 g/mol. The molecule has 2 rings (SSSR count). The molecule has 0 unspecified atom stereocenters. The number of ether oxygens (including phenoxy) is 1. The molecular formula is C12H15ClN2O2. The van der Waals surface area contributed by atoms with Crippen LogP contribution in [0, 0.1) is 0 Å². The Balaban J connectivity index is 1.96. The predicted molar refractivity (Wildman–Crippen MR) is 65.2 cm³/mol. The van der Waals surface area contributed by atoms with Crippen LogP contribution >= 0.6 is 11.6 Å². The van der Waals surface area contributed by atoms with Crippen LogP contribution in [-0.4, -0.2) is 30.1 Å². The SMILES string of the molecule is COC1(CNC(=O)c2cccnc2Cl)CCC1. The summed E-state index contributed by atoms with van der Waals surface area (Å²) in [6.45, 7) is 0.521. The highest BCUT2D eigenvalue weighted by molar-refractivity contribution is 6.32. The van der Waals surface area contributed by atoms with Crippen molar-refractivity contribution in [2.75, 3.05) is 13.7 Å². The molecule has 5 heteroatoms. The first kappa shape index (κ1) is 12.3. The van der Waals surface area contributed by atoms with Crippen LogP contribution in [0.3, 0.4) is 0 Å². The number of nitrogens with one attached hydrogen (secondary N) is 1. The summed E-state index contributed by atoms with van der Waals surface area (Å²) in [5, 5.41) is 3.07. The minimum absolute atomic E-state index is 0.176. The van der Waals surface area contributed by atoms with Gasteiger partial charge in [0, 0.05) is 19.9 Å². The van der Waals surface area contributed by atoms with Gasteiger partial charge in [-0.25, -0.2) is 4.98 Å². The first-order valence-electron chi connectivity index (χ1n) is 5.61. The van der Waals surface area contributed by atoms with E-state index in [2.05, 4.69) is 10.3 Å². The van der Waals surface area contributed by atoms with Gasteiger partial charge in [0.15, 0.2) is 0 Å². The van der Waals surface area contributed by atoms with Crippen LogP contribution in [0.15, 0.2) is 18.3 Å². The Kier molecular flexibility index (Phi) is 3.64. The number of carbonyl (C=O) groups excluding carboxylic acids is 1. The second kappa shape index (κ2) is 5.02. The van der Waals surface area contributed by atoms with Crippen LogP contribution in [0.4, 0.5) is 0 Å². The molecule has 1 aliphatic carbocycles. The second-order valence-corrected chi connectivity index (χ2v) is 4.62. The van der Waals surface area contributed by atoms with Crippen molar-refractivity contribution in [3.05, 3.63) is 29.0 Å². The van der Waals surface area contributed by atoms with E-state index in [0.29, 0.717) is 12.1 Å². The van der Waals surface area contributed by atoms with Gasteiger partial charge >= 0.3 is 0 Å². The summed E-state index contributed by atoms with van der Waals surface area (Å²) in [7, 11) is 1.68. The Morgan fingerprint density at radius 3 is 2.94 bits per heavy atom. The first-order valence-corrected chi connectivity index (χ1v) is 5.98. The fourth-order valence-electron chi connectivity index (χ4n) is 1.92. The maximum absolute atomic E-state index is 11.9. The molecule has 0 spiro atoms. The lowest BCUT2D eigenvalue weighted by atomic mass is 9.80. The zero-order chi connectivity index (χ0) is 12.3. The lowest BCUT2D eigenvalue weighted by Gasteiger charge is -2.40. The molecule has 1 amide bonds. The van der Waals surface area contributed by atoms with Crippen molar-refractivity contribution in [2.24, 2.45) is 0 Å². The maximum Gasteiger partial charge on any atom is 0.254 e. The normalized spacial score (nSPS) is 17.3. The van der Waals surface area contributed by atoms with Gasteiger partial charge in [-0.2, -0.15) is 0 Å². The zero-order valence-corrected chi connectivity index (χ0v) is 10.5. The van der Waals surface area contributed by atoms with Gasteiger partial charge in [-0.05, 0) is 31.4 Å². The summed E-state index contributed by atoms with van der Waals surface area (Å²) >= 11 is 5.85. The number of amides is 1. The van der Waals surface area contributed by atoms with E-state index in [4.69, 9.17) is 16.3 Å². The summed E-state index contributed by atoms with van der Waals surface area (Å²) in [4.78, 5) is 15.7. The molecule has 0 bridgehead atoms. The molecule has 0 saturated heterocycles. The number of aromatic nitrogens is 1. The van der Waals surface area contributed by atoms with Crippen molar-refractivity contribution in [2.45, 2.75) is 24.9 Å². The topological polar surface area (TPSA) is 51.2 Å². The minimum atomic E-state index is -0.202. The van der Waals surface area contributed by atoms with Crippen molar-refractivity contribution in [1.29, 1.82) is 0 Å². The van der Waals surface area contributed by atoms with Crippen molar-refractivity contribution < 1.29 is 9.53 Å². The summed E-state index contributed by atoms with van der Waals surface area (Å²) in [6.07, 6.45) is 4.69. The molecule has 1 aromatic heterocycles. The number of hydrogen-bond donors (Lipinski definition) is 1. The molecule has 0 aromatic carbocycles. The van der Waals surface area contributed by atoms with Crippen LogP contribution in [-0.2, 0) is 4.74 Å². The molecule has 1 aromatic rings. The Hall–Kier alpha value is -1.13. The van der Waals surface area contributed by atoms with Gasteiger partial charge in [-0.1, -0.05) is 11.6 Å². The van der Waals surface area contributed by atoms with E-state index in [1.165, 1.54) is 0 Å². The third-order valence-corrected chi connectivity index (χ3v) is 3.57. The maximum atomic E-state index is 11.9. The van der Waals surface area contributed by atoms with Crippen LogP contribution < -0.4 is 5.32 Å². The quantitative estimate of drug-likeness (QED) is 0.837. The number of carbonyl (C=O) groups is 1. The highest BCUT2D eigenvalue weighted by Crippen LogP contribution is 2.34. The highest BCUT2D eigenvalue weighted by atomic mass is 35.5. The molecule has 4 nitrogen and oxygen atoms in total. The number of halogens is 1. The fourth-order valence-corrected chi connectivity index (χ4v) is 2.12. The van der Waals surface area contributed by atoms with E-state index in [1.54, 1.807) is 25.4 Å². The second-order valence-electron chi connectivity index (χ2n) is 4.27. The number of hydrogen-bond acceptors (Lipinski definition) is 3. The third kappa shape index (κ3) is 2.58. The van der Waals surface area contributed by atoms with Gasteiger partial charge in [0.25, 0.3) is 5.91 Å². The van der Waals surface area contributed by atoms with Gasteiger partial charge in [-0.3, -0.25) is 4.79 Å². The van der Waals surface area contributed by atoms with Crippen LogP contribution in [0.1, 0.15) is 29.6 Å². The molecule has 92 valence electrons.